The number of anilines is 1. The van der Waals surface area contributed by atoms with Crippen LogP contribution in [0, 0.1) is 18.8 Å². The van der Waals surface area contributed by atoms with Crippen LogP contribution in [0.1, 0.15) is 31.4 Å². The fourth-order valence-corrected chi connectivity index (χ4v) is 3.63. The van der Waals surface area contributed by atoms with Gasteiger partial charge < -0.3 is 9.47 Å². The minimum Gasteiger partial charge on any atom is -0.352 e. The minimum absolute atomic E-state index is 0.0226. The van der Waals surface area contributed by atoms with Gasteiger partial charge in [0.25, 0.3) is 11.1 Å². The quantitative estimate of drug-likeness (QED) is 0.811. The lowest BCUT2D eigenvalue weighted by Crippen LogP contribution is -2.40. The molecule has 1 saturated carbocycles. The van der Waals surface area contributed by atoms with Crippen molar-refractivity contribution in [2.45, 2.75) is 45.7 Å². The van der Waals surface area contributed by atoms with E-state index in [4.69, 9.17) is 0 Å². The molecular weight excluding hydrogens is 330 g/mol. The lowest BCUT2D eigenvalue weighted by atomic mass is 9.97. The summed E-state index contributed by atoms with van der Waals surface area (Å²) in [6, 6.07) is 3.32. The van der Waals surface area contributed by atoms with Crippen molar-refractivity contribution >= 4 is 5.82 Å². The lowest BCUT2D eigenvalue weighted by molar-refractivity contribution is 0.333. The van der Waals surface area contributed by atoms with Gasteiger partial charge in [-0.15, -0.1) is 0 Å². The molecule has 0 N–H and O–H groups in total. The van der Waals surface area contributed by atoms with E-state index in [1.807, 2.05) is 11.5 Å². The number of hydrogen-bond donors (Lipinski definition) is 0. The van der Waals surface area contributed by atoms with Crippen molar-refractivity contribution in [3.8, 4) is 0 Å². The van der Waals surface area contributed by atoms with E-state index in [0.717, 1.165) is 38.2 Å². The summed E-state index contributed by atoms with van der Waals surface area (Å²) in [7, 11) is 0. The molecule has 0 atom stereocenters. The molecule has 0 radical (unpaired) electrons. The van der Waals surface area contributed by atoms with Crippen molar-refractivity contribution in [1.29, 1.82) is 0 Å². The maximum absolute atomic E-state index is 12.7. The van der Waals surface area contributed by atoms with E-state index in [0.29, 0.717) is 24.2 Å². The third kappa shape index (κ3) is 3.71. The molecule has 26 heavy (non-hydrogen) atoms. The van der Waals surface area contributed by atoms with E-state index < -0.39 is 0 Å². The van der Waals surface area contributed by atoms with Gasteiger partial charge in [-0.3, -0.25) is 9.59 Å². The van der Waals surface area contributed by atoms with E-state index in [-0.39, 0.29) is 11.1 Å². The smallest absolute Gasteiger partial charge is 0.293 e. The molecule has 2 aliphatic rings. The molecule has 7 nitrogen and oxygen atoms in total. The molecule has 7 heteroatoms. The van der Waals surface area contributed by atoms with E-state index >= 15 is 0 Å². The van der Waals surface area contributed by atoms with Gasteiger partial charge in [0.05, 0.1) is 5.69 Å². The first-order valence-electron chi connectivity index (χ1n) is 9.45. The number of piperidine rings is 1. The SMILES string of the molecule is Cc1ccc(=O)n(CC2CCN(c3nccn(CC4CC4)c3=O)CC2)n1. The van der Waals surface area contributed by atoms with Gasteiger partial charge in [-0.1, -0.05) is 0 Å². The maximum Gasteiger partial charge on any atom is 0.293 e. The second-order valence-electron chi connectivity index (χ2n) is 7.58. The summed E-state index contributed by atoms with van der Waals surface area (Å²) in [6.45, 7) is 4.93. The van der Waals surface area contributed by atoms with Crippen molar-refractivity contribution in [2.75, 3.05) is 18.0 Å². The van der Waals surface area contributed by atoms with Crippen LogP contribution in [0.25, 0.3) is 0 Å². The van der Waals surface area contributed by atoms with Crippen LogP contribution < -0.4 is 16.0 Å². The Morgan fingerprint density at radius 2 is 1.77 bits per heavy atom. The number of aryl methyl sites for hydroxylation is 1. The zero-order chi connectivity index (χ0) is 18.1. The molecule has 0 amide bonds. The molecule has 0 unspecified atom stereocenters. The monoisotopic (exact) mass is 355 g/mol. The highest BCUT2D eigenvalue weighted by Crippen LogP contribution is 2.30. The van der Waals surface area contributed by atoms with Crippen LogP contribution in [-0.4, -0.2) is 32.4 Å². The Kier molecular flexibility index (Phi) is 4.61. The van der Waals surface area contributed by atoms with Crippen LogP contribution in [0.5, 0.6) is 0 Å². The summed E-state index contributed by atoms with van der Waals surface area (Å²) in [5.41, 5.74) is 0.826. The van der Waals surface area contributed by atoms with Crippen molar-refractivity contribution < 1.29 is 0 Å². The Morgan fingerprint density at radius 1 is 1.04 bits per heavy atom. The zero-order valence-electron chi connectivity index (χ0n) is 15.2. The van der Waals surface area contributed by atoms with Crippen molar-refractivity contribution in [3.05, 3.63) is 50.9 Å². The highest BCUT2D eigenvalue weighted by atomic mass is 16.1. The predicted octanol–water partition coefficient (Wildman–Crippen LogP) is 1.44. The minimum atomic E-state index is -0.0503. The Labute approximate surface area is 152 Å². The number of rotatable bonds is 5. The fraction of sp³-hybridized carbons (Fsp3) is 0.579. The standard InChI is InChI=1S/C19H25N5O2/c1-14-2-5-17(25)24(21-14)13-16-6-9-22(10-7-16)18-19(26)23(11-8-20-18)12-15-3-4-15/h2,5,8,11,15-16H,3-4,6-7,9-10,12-13H2,1H3. The van der Waals surface area contributed by atoms with Crippen LogP contribution >= 0.6 is 0 Å². The first-order valence-corrected chi connectivity index (χ1v) is 9.45. The summed E-state index contributed by atoms with van der Waals surface area (Å²) < 4.78 is 3.38. The Balaban J connectivity index is 1.41. The summed E-state index contributed by atoms with van der Waals surface area (Å²) in [5, 5.41) is 4.33. The molecule has 0 spiro atoms. The molecule has 1 aliphatic heterocycles. The third-order valence-electron chi connectivity index (χ3n) is 5.39. The molecule has 2 aromatic rings. The highest BCUT2D eigenvalue weighted by Gasteiger charge is 2.25. The third-order valence-corrected chi connectivity index (χ3v) is 5.39. The van der Waals surface area contributed by atoms with Crippen molar-refractivity contribution in [2.24, 2.45) is 11.8 Å². The van der Waals surface area contributed by atoms with Crippen molar-refractivity contribution in [1.82, 2.24) is 19.3 Å². The number of hydrogen-bond acceptors (Lipinski definition) is 5. The van der Waals surface area contributed by atoms with Gasteiger partial charge in [0, 0.05) is 44.6 Å². The van der Waals surface area contributed by atoms with Gasteiger partial charge in [-0.25, -0.2) is 9.67 Å². The zero-order valence-corrected chi connectivity index (χ0v) is 15.2. The predicted molar refractivity (Wildman–Crippen MR) is 99.4 cm³/mol. The van der Waals surface area contributed by atoms with E-state index in [1.54, 1.807) is 29.2 Å². The van der Waals surface area contributed by atoms with Gasteiger partial charge in [0.2, 0.25) is 0 Å². The average Bonchev–Trinajstić information content (AvgIpc) is 3.45. The molecule has 0 aromatic carbocycles. The van der Waals surface area contributed by atoms with E-state index in [2.05, 4.69) is 15.0 Å². The van der Waals surface area contributed by atoms with Gasteiger partial charge >= 0.3 is 0 Å². The molecular formula is C19H25N5O2. The van der Waals surface area contributed by atoms with Gasteiger partial charge in [-0.05, 0) is 50.5 Å². The topological polar surface area (TPSA) is 73.0 Å². The average molecular weight is 355 g/mol. The number of aromatic nitrogens is 4. The second kappa shape index (κ2) is 7.05. The first-order chi connectivity index (χ1) is 12.6. The van der Waals surface area contributed by atoms with Crippen LogP contribution in [0.4, 0.5) is 5.82 Å². The van der Waals surface area contributed by atoms with Gasteiger partial charge in [0.15, 0.2) is 5.82 Å². The second-order valence-corrected chi connectivity index (χ2v) is 7.58. The van der Waals surface area contributed by atoms with Crippen LogP contribution in [-0.2, 0) is 13.1 Å². The summed E-state index contributed by atoms with van der Waals surface area (Å²) in [5.74, 6) is 1.63. The van der Waals surface area contributed by atoms with Crippen LogP contribution in [0.15, 0.2) is 34.1 Å². The Hall–Kier alpha value is -2.44. The Morgan fingerprint density at radius 3 is 2.50 bits per heavy atom. The van der Waals surface area contributed by atoms with Crippen LogP contribution in [0.3, 0.4) is 0 Å². The van der Waals surface area contributed by atoms with Crippen LogP contribution in [0.2, 0.25) is 0 Å². The summed E-state index contributed by atoms with van der Waals surface area (Å²) in [4.78, 5) is 31.1. The summed E-state index contributed by atoms with van der Waals surface area (Å²) in [6.07, 6.45) is 7.85. The normalized spacial score (nSPS) is 18.3. The molecule has 0 bridgehead atoms. The fourth-order valence-electron chi connectivity index (χ4n) is 3.63. The molecule has 4 rings (SSSR count). The first kappa shape index (κ1) is 17.0. The number of nitrogens with zero attached hydrogens (tertiary/aromatic N) is 5. The Bertz CT molecular complexity index is 891. The van der Waals surface area contributed by atoms with Gasteiger partial charge in [0.1, 0.15) is 0 Å². The molecule has 2 fully saturated rings. The van der Waals surface area contributed by atoms with Crippen molar-refractivity contribution in [3.63, 3.8) is 0 Å². The largest absolute Gasteiger partial charge is 0.352 e. The lowest BCUT2D eigenvalue weighted by Gasteiger charge is -2.32. The molecule has 1 aliphatic carbocycles. The molecule has 1 saturated heterocycles. The highest BCUT2D eigenvalue weighted by molar-refractivity contribution is 5.36. The summed E-state index contributed by atoms with van der Waals surface area (Å²) >= 11 is 0. The molecule has 3 heterocycles. The maximum atomic E-state index is 12.7. The van der Waals surface area contributed by atoms with E-state index in [1.165, 1.54) is 12.8 Å². The molecule has 2 aromatic heterocycles. The molecule has 138 valence electrons. The van der Waals surface area contributed by atoms with Gasteiger partial charge in [-0.2, -0.15) is 5.10 Å². The van der Waals surface area contributed by atoms with E-state index in [9.17, 15) is 9.59 Å².